The number of morpholine rings is 1. The van der Waals surface area contributed by atoms with Gasteiger partial charge in [-0.1, -0.05) is 6.07 Å². The monoisotopic (exact) mass is 550 g/mol. The number of nitrogens with one attached hydrogen (secondary N) is 2. The summed E-state index contributed by atoms with van der Waals surface area (Å²) in [6.45, 7) is 11.3. The number of halogens is 1. The molecule has 2 aliphatic rings. The van der Waals surface area contributed by atoms with Crippen LogP contribution in [0.15, 0.2) is 22.5 Å². The minimum absolute atomic E-state index is 0. The molecule has 3 heterocycles. The molecule has 1 amide bonds. The maximum atomic E-state index is 11.4. The van der Waals surface area contributed by atoms with Crippen LogP contribution < -0.4 is 10.6 Å². The highest BCUT2D eigenvalue weighted by molar-refractivity contribution is 14.0. The van der Waals surface area contributed by atoms with Gasteiger partial charge in [0.05, 0.1) is 19.3 Å². The van der Waals surface area contributed by atoms with Gasteiger partial charge in [-0.3, -0.25) is 19.6 Å². The van der Waals surface area contributed by atoms with Crippen molar-refractivity contribution in [2.24, 2.45) is 4.99 Å². The van der Waals surface area contributed by atoms with Gasteiger partial charge in [-0.05, 0) is 11.4 Å². The molecule has 3 rings (SSSR count). The lowest BCUT2D eigenvalue weighted by Gasteiger charge is -2.35. The lowest BCUT2D eigenvalue weighted by molar-refractivity contribution is -0.130. The summed E-state index contributed by atoms with van der Waals surface area (Å²) in [7, 11) is 1.82. The first-order chi connectivity index (χ1) is 14.2. The predicted octanol–water partition coefficient (Wildman–Crippen LogP) is 1.07. The van der Waals surface area contributed by atoms with Crippen molar-refractivity contribution in [3.05, 3.63) is 22.4 Å². The molecule has 1 aromatic rings. The van der Waals surface area contributed by atoms with E-state index >= 15 is 0 Å². The SMILES string of the molecule is CN=C(NCCN1CCN(C(C)=O)CC1)NCC(c1cccs1)N1CCOCC1.I. The minimum atomic E-state index is 0. The number of rotatable bonds is 7. The van der Waals surface area contributed by atoms with Gasteiger partial charge >= 0.3 is 0 Å². The molecule has 0 bridgehead atoms. The molecule has 0 saturated carbocycles. The Hall–Kier alpha value is -0.950. The van der Waals surface area contributed by atoms with E-state index in [0.717, 1.165) is 78.1 Å². The van der Waals surface area contributed by atoms with Gasteiger partial charge in [0.25, 0.3) is 0 Å². The Labute approximate surface area is 201 Å². The van der Waals surface area contributed by atoms with E-state index in [4.69, 9.17) is 4.74 Å². The molecule has 10 heteroatoms. The lowest BCUT2D eigenvalue weighted by Crippen LogP contribution is -2.51. The summed E-state index contributed by atoms with van der Waals surface area (Å²) >= 11 is 1.81. The predicted molar refractivity (Wildman–Crippen MR) is 133 cm³/mol. The number of hydrogen-bond acceptors (Lipinski definition) is 6. The number of guanidine groups is 1. The van der Waals surface area contributed by atoms with E-state index in [1.807, 2.05) is 11.9 Å². The van der Waals surface area contributed by atoms with Crippen LogP contribution in [0.4, 0.5) is 0 Å². The Kier molecular flexibility index (Phi) is 11.4. The van der Waals surface area contributed by atoms with Crippen LogP contribution in [0.25, 0.3) is 0 Å². The van der Waals surface area contributed by atoms with Gasteiger partial charge in [0.2, 0.25) is 5.91 Å². The van der Waals surface area contributed by atoms with Gasteiger partial charge in [0, 0.05) is 77.8 Å². The number of amides is 1. The molecule has 0 radical (unpaired) electrons. The molecule has 0 aromatic carbocycles. The highest BCUT2D eigenvalue weighted by atomic mass is 127. The molecule has 1 atom stereocenters. The van der Waals surface area contributed by atoms with Crippen molar-refractivity contribution in [3.8, 4) is 0 Å². The van der Waals surface area contributed by atoms with Gasteiger partial charge in [0.1, 0.15) is 0 Å². The van der Waals surface area contributed by atoms with Crippen molar-refractivity contribution in [1.29, 1.82) is 0 Å². The number of carbonyl (C=O) groups is 1. The summed E-state index contributed by atoms with van der Waals surface area (Å²) in [6.07, 6.45) is 0. The molecule has 1 unspecified atom stereocenters. The first-order valence-corrected chi connectivity index (χ1v) is 11.3. The number of hydrogen-bond donors (Lipinski definition) is 2. The van der Waals surface area contributed by atoms with Gasteiger partial charge in [-0.2, -0.15) is 0 Å². The Morgan fingerprint density at radius 3 is 2.53 bits per heavy atom. The Morgan fingerprint density at radius 2 is 1.93 bits per heavy atom. The summed E-state index contributed by atoms with van der Waals surface area (Å²) in [5, 5.41) is 9.08. The van der Waals surface area contributed by atoms with Crippen molar-refractivity contribution < 1.29 is 9.53 Å². The van der Waals surface area contributed by atoms with Crippen LogP contribution in [-0.2, 0) is 9.53 Å². The molecule has 0 aliphatic carbocycles. The van der Waals surface area contributed by atoms with E-state index < -0.39 is 0 Å². The van der Waals surface area contributed by atoms with E-state index in [1.54, 1.807) is 18.3 Å². The van der Waals surface area contributed by atoms with E-state index in [-0.39, 0.29) is 29.9 Å². The summed E-state index contributed by atoms with van der Waals surface area (Å²) in [6, 6.07) is 4.66. The molecule has 170 valence electrons. The molecule has 2 fully saturated rings. The smallest absolute Gasteiger partial charge is 0.219 e. The second kappa shape index (κ2) is 13.5. The van der Waals surface area contributed by atoms with E-state index in [2.05, 4.69) is 42.9 Å². The molecule has 2 N–H and O–H groups in total. The zero-order valence-corrected chi connectivity index (χ0v) is 21.2. The van der Waals surface area contributed by atoms with Crippen LogP contribution in [-0.4, -0.2) is 106 Å². The van der Waals surface area contributed by atoms with E-state index in [0.29, 0.717) is 6.04 Å². The Balaban J connectivity index is 0.00000320. The Bertz CT molecular complexity index is 646. The minimum Gasteiger partial charge on any atom is -0.379 e. The fourth-order valence-corrected chi connectivity index (χ4v) is 4.67. The molecule has 1 aromatic heterocycles. The van der Waals surface area contributed by atoms with Crippen LogP contribution in [0.5, 0.6) is 0 Å². The molecule has 2 aliphatic heterocycles. The topological polar surface area (TPSA) is 72.4 Å². The Morgan fingerprint density at radius 1 is 1.20 bits per heavy atom. The fourth-order valence-electron chi connectivity index (χ4n) is 3.81. The third-order valence-corrected chi connectivity index (χ3v) is 6.56. The number of carbonyl (C=O) groups excluding carboxylic acids is 1. The highest BCUT2D eigenvalue weighted by Crippen LogP contribution is 2.25. The fraction of sp³-hybridized carbons (Fsp3) is 0.700. The summed E-state index contributed by atoms with van der Waals surface area (Å²) in [4.78, 5) is 24.0. The van der Waals surface area contributed by atoms with Gasteiger partial charge in [-0.15, -0.1) is 35.3 Å². The molecule has 30 heavy (non-hydrogen) atoms. The van der Waals surface area contributed by atoms with Crippen LogP contribution >= 0.6 is 35.3 Å². The molecule has 0 spiro atoms. The molecular weight excluding hydrogens is 515 g/mol. The first kappa shape index (κ1) is 25.3. The molecular formula is C20H35IN6O2S. The van der Waals surface area contributed by atoms with Crippen LogP contribution in [0.3, 0.4) is 0 Å². The number of nitrogens with zero attached hydrogens (tertiary/aromatic N) is 4. The van der Waals surface area contributed by atoms with Crippen molar-refractivity contribution in [2.75, 3.05) is 79.2 Å². The average Bonchev–Trinajstić information content (AvgIpc) is 3.28. The lowest BCUT2D eigenvalue weighted by atomic mass is 10.2. The molecule has 8 nitrogen and oxygen atoms in total. The van der Waals surface area contributed by atoms with Gasteiger partial charge in [-0.25, -0.2) is 0 Å². The van der Waals surface area contributed by atoms with Crippen molar-refractivity contribution >= 4 is 47.2 Å². The standard InChI is InChI=1S/C20H34N6O2S.HI/c1-17(27)25-9-7-24(8-10-25)6-5-22-20(21-2)23-16-18(19-4-3-15-29-19)26-11-13-28-14-12-26;/h3-4,15,18H,5-14,16H2,1-2H3,(H2,21,22,23);1H. The van der Waals surface area contributed by atoms with Crippen LogP contribution in [0, 0.1) is 0 Å². The largest absolute Gasteiger partial charge is 0.379 e. The van der Waals surface area contributed by atoms with Gasteiger partial charge < -0.3 is 20.3 Å². The van der Waals surface area contributed by atoms with E-state index in [9.17, 15) is 4.79 Å². The maximum Gasteiger partial charge on any atom is 0.219 e. The zero-order valence-electron chi connectivity index (χ0n) is 18.0. The number of ether oxygens (including phenoxy) is 1. The molecule has 2 saturated heterocycles. The average molecular weight is 551 g/mol. The third kappa shape index (κ3) is 7.63. The van der Waals surface area contributed by atoms with Crippen molar-refractivity contribution in [1.82, 2.24) is 25.3 Å². The van der Waals surface area contributed by atoms with Crippen molar-refractivity contribution in [2.45, 2.75) is 13.0 Å². The van der Waals surface area contributed by atoms with Crippen LogP contribution in [0.2, 0.25) is 0 Å². The summed E-state index contributed by atoms with van der Waals surface area (Å²) < 4.78 is 5.52. The van der Waals surface area contributed by atoms with Gasteiger partial charge in [0.15, 0.2) is 5.96 Å². The quantitative estimate of drug-likeness (QED) is 0.301. The third-order valence-electron chi connectivity index (χ3n) is 5.58. The van der Waals surface area contributed by atoms with Crippen LogP contribution in [0.1, 0.15) is 17.8 Å². The second-order valence-corrected chi connectivity index (χ2v) is 8.39. The van der Waals surface area contributed by atoms with E-state index in [1.165, 1.54) is 4.88 Å². The zero-order chi connectivity index (χ0) is 20.5. The summed E-state index contributed by atoms with van der Waals surface area (Å²) in [5.74, 6) is 1.01. The first-order valence-electron chi connectivity index (χ1n) is 10.4. The summed E-state index contributed by atoms with van der Waals surface area (Å²) in [5.41, 5.74) is 0. The highest BCUT2D eigenvalue weighted by Gasteiger charge is 2.23. The number of piperazine rings is 1. The number of aliphatic imine (C=N–C) groups is 1. The number of thiophene rings is 1. The normalized spacial score (nSPS) is 19.8. The van der Waals surface area contributed by atoms with Crippen molar-refractivity contribution in [3.63, 3.8) is 0 Å². The maximum absolute atomic E-state index is 11.4. The second-order valence-electron chi connectivity index (χ2n) is 7.41.